The van der Waals surface area contributed by atoms with Gasteiger partial charge in [-0.2, -0.15) is 0 Å². The molecule has 3 N–H and O–H groups in total. The molecule has 0 aliphatic carbocycles. The van der Waals surface area contributed by atoms with Gasteiger partial charge in [-0.05, 0) is 13.8 Å². The van der Waals surface area contributed by atoms with Crippen molar-refractivity contribution in [2.24, 2.45) is 5.41 Å². The number of amides is 1. The van der Waals surface area contributed by atoms with Gasteiger partial charge in [0.2, 0.25) is 5.91 Å². The lowest BCUT2D eigenvalue weighted by molar-refractivity contribution is -0.128. The van der Waals surface area contributed by atoms with Crippen LogP contribution in [0.3, 0.4) is 0 Å². The lowest BCUT2D eigenvalue weighted by Gasteiger charge is -2.23. The molecule has 106 valence electrons. The first-order valence-corrected chi connectivity index (χ1v) is 5.81. The third-order valence-corrected chi connectivity index (χ3v) is 2.71. The van der Waals surface area contributed by atoms with Gasteiger partial charge in [-0.25, -0.2) is 13.8 Å². The Morgan fingerprint density at radius 3 is 2.37 bits per heavy atom. The number of nitrogens with zero attached hydrogens (tertiary/aromatic N) is 1. The van der Waals surface area contributed by atoms with Crippen LogP contribution < -0.4 is 16.0 Å². The number of rotatable bonds is 5. The maximum Gasteiger partial charge on any atom is 0.227 e. The van der Waals surface area contributed by atoms with Crippen LogP contribution in [0.2, 0.25) is 0 Å². The summed E-state index contributed by atoms with van der Waals surface area (Å²) in [4.78, 5) is 15.4. The Hall–Kier alpha value is -1.92. The van der Waals surface area contributed by atoms with Crippen LogP contribution in [0.5, 0.6) is 0 Å². The molecule has 0 fully saturated rings. The zero-order valence-corrected chi connectivity index (χ0v) is 11.4. The lowest BCUT2D eigenvalue weighted by Crippen LogP contribution is -2.39. The van der Waals surface area contributed by atoms with Crippen LogP contribution in [0.25, 0.3) is 0 Å². The molecule has 19 heavy (non-hydrogen) atoms. The van der Waals surface area contributed by atoms with Crippen LogP contribution in [0, 0.1) is 17.0 Å². The smallest absolute Gasteiger partial charge is 0.227 e. The summed E-state index contributed by atoms with van der Waals surface area (Å²) in [7, 11) is 3.02. The molecular weight excluding hydrogens is 254 g/mol. The van der Waals surface area contributed by atoms with E-state index < -0.39 is 17.0 Å². The van der Waals surface area contributed by atoms with Gasteiger partial charge in [0.1, 0.15) is 0 Å². The van der Waals surface area contributed by atoms with E-state index in [4.69, 9.17) is 0 Å². The summed E-state index contributed by atoms with van der Waals surface area (Å²) in [6.07, 6.45) is 0. The van der Waals surface area contributed by atoms with E-state index in [1.54, 1.807) is 13.8 Å². The highest BCUT2D eigenvalue weighted by Crippen LogP contribution is 2.21. The average Bonchev–Trinajstić information content (AvgIpc) is 2.36. The molecule has 0 bridgehead atoms. The Balaban J connectivity index is 2.86. The predicted octanol–water partition coefficient (Wildman–Crippen LogP) is 1.59. The second kappa shape index (κ2) is 5.81. The number of pyridine rings is 1. The minimum atomic E-state index is -0.802. The molecule has 0 saturated heterocycles. The van der Waals surface area contributed by atoms with Gasteiger partial charge in [-0.15, -0.1) is 0 Å². The second-order valence-corrected chi connectivity index (χ2v) is 4.72. The van der Waals surface area contributed by atoms with Crippen molar-refractivity contribution in [1.82, 2.24) is 10.3 Å². The molecule has 1 aromatic heterocycles. The first kappa shape index (κ1) is 15.1. The number of aromatic nitrogens is 1. The molecule has 0 saturated carbocycles. The number of nitrogens with one attached hydrogen (secondary N) is 3. The van der Waals surface area contributed by atoms with Crippen molar-refractivity contribution in [3.63, 3.8) is 0 Å². The molecule has 0 atom stereocenters. The molecule has 1 aromatic rings. The number of hydrogen-bond acceptors (Lipinski definition) is 4. The maximum atomic E-state index is 13.5. The topological polar surface area (TPSA) is 66.0 Å². The highest BCUT2D eigenvalue weighted by molar-refractivity contribution is 5.82. The van der Waals surface area contributed by atoms with Gasteiger partial charge in [0.15, 0.2) is 23.3 Å². The summed E-state index contributed by atoms with van der Waals surface area (Å²) in [5.41, 5.74) is -0.739. The van der Waals surface area contributed by atoms with Crippen LogP contribution >= 0.6 is 0 Å². The molecule has 0 unspecified atom stereocenters. The van der Waals surface area contributed by atoms with E-state index in [1.807, 2.05) is 0 Å². The van der Waals surface area contributed by atoms with Crippen molar-refractivity contribution in [3.05, 3.63) is 17.7 Å². The van der Waals surface area contributed by atoms with E-state index in [9.17, 15) is 13.6 Å². The molecule has 5 nitrogen and oxygen atoms in total. The predicted molar refractivity (Wildman–Crippen MR) is 70.0 cm³/mol. The van der Waals surface area contributed by atoms with E-state index in [0.29, 0.717) is 0 Å². The number of hydrogen-bond donors (Lipinski definition) is 3. The van der Waals surface area contributed by atoms with Crippen molar-refractivity contribution in [2.75, 3.05) is 31.3 Å². The van der Waals surface area contributed by atoms with Gasteiger partial charge < -0.3 is 16.0 Å². The van der Waals surface area contributed by atoms with E-state index >= 15 is 0 Å². The Morgan fingerprint density at radius 2 is 1.84 bits per heavy atom. The van der Waals surface area contributed by atoms with Crippen molar-refractivity contribution in [2.45, 2.75) is 13.8 Å². The number of anilines is 2. The van der Waals surface area contributed by atoms with Crippen LogP contribution in [0.4, 0.5) is 20.4 Å². The van der Waals surface area contributed by atoms with Crippen LogP contribution in [0.15, 0.2) is 6.07 Å². The van der Waals surface area contributed by atoms with E-state index in [2.05, 4.69) is 20.9 Å². The summed E-state index contributed by atoms with van der Waals surface area (Å²) in [6, 6.07) is 0.744. The van der Waals surface area contributed by atoms with E-state index in [-0.39, 0.29) is 24.1 Å². The SMILES string of the molecule is CNC(=O)C(C)(C)CNc1nc(NC)c(F)cc1F. The fraction of sp³-hybridized carbons (Fsp3) is 0.500. The summed E-state index contributed by atoms with van der Waals surface area (Å²) in [5, 5.41) is 7.76. The van der Waals surface area contributed by atoms with Crippen molar-refractivity contribution in [1.29, 1.82) is 0 Å². The fourth-order valence-corrected chi connectivity index (χ4v) is 1.49. The monoisotopic (exact) mass is 272 g/mol. The second-order valence-electron chi connectivity index (χ2n) is 4.72. The van der Waals surface area contributed by atoms with Gasteiger partial charge in [0.05, 0.1) is 5.41 Å². The molecule has 7 heteroatoms. The van der Waals surface area contributed by atoms with Gasteiger partial charge in [-0.1, -0.05) is 0 Å². The molecule has 1 amide bonds. The zero-order valence-electron chi connectivity index (χ0n) is 11.4. The first-order chi connectivity index (χ1) is 8.81. The van der Waals surface area contributed by atoms with E-state index in [1.165, 1.54) is 14.1 Å². The molecule has 0 aromatic carbocycles. The summed E-state index contributed by atoms with van der Waals surface area (Å²) in [5.74, 6) is -1.90. The third kappa shape index (κ3) is 3.52. The van der Waals surface area contributed by atoms with Crippen LogP contribution in [-0.4, -0.2) is 31.5 Å². The van der Waals surface area contributed by atoms with Gasteiger partial charge in [0, 0.05) is 26.7 Å². The van der Waals surface area contributed by atoms with Crippen molar-refractivity contribution in [3.8, 4) is 0 Å². The molecular formula is C12H18F2N4O. The third-order valence-electron chi connectivity index (χ3n) is 2.71. The molecule has 0 radical (unpaired) electrons. The normalized spacial score (nSPS) is 11.1. The van der Waals surface area contributed by atoms with Crippen molar-refractivity contribution >= 4 is 17.5 Å². The molecule has 0 aliphatic rings. The van der Waals surface area contributed by atoms with Gasteiger partial charge in [0.25, 0.3) is 0 Å². The Morgan fingerprint density at radius 1 is 1.26 bits per heavy atom. The quantitative estimate of drug-likeness (QED) is 0.761. The van der Waals surface area contributed by atoms with E-state index in [0.717, 1.165) is 6.07 Å². The Bertz CT molecular complexity index is 477. The highest BCUT2D eigenvalue weighted by Gasteiger charge is 2.27. The molecule has 1 rings (SSSR count). The van der Waals surface area contributed by atoms with Gasteiger partial charge >= 0.3 is 0 Å². The molecule has 0 spiro atoms. The number of carbonyl (C=O) groups is 1. The Labute approximate surface area is 110 Å². The maximum absolute atomic E-state index is 13.5. The zero-order chi connectivity index (χ0) is 14.6. The number of halogens is 2. The molecule has 1 heterocycles. The minimum absolute atomic E-state index is 0.0540. The number of carbonyl (C=O) groups excluding carboxylic acids is 1. The molecule has 0 aliphatic heterocycles. The summed E-state index contributed by atoms with van der Waals surface area (Å²) in [6.45, 7) is 3.59. The summed E-state index contributed by atoms with van der Waals surface area (Å²) < 4.78 is 26.8. The largest absolute Gasteiger partial charge is 0.371 e. The average molecular weight is 272 g/mol. The van der Waals surface area contributed by atoms with Gasteiger partial charge in [-0.3, -0.25) is 4.79 Å². The standard InChI is InChI=1S/C12H18F2N4O/c1-12(2,11(19)16-4)6-17-10-8(14)5-7(13)9(15-3)18-10/h5H,6H2,1-4H3,(H,16,19)(H2,15,17,18). The van der Waals surface area contributed by atoms with Crippen LogP contribution in [-0.2, 0) is 4.79 Å². The first-order valence-electron chi connectivity index (χ1n) is 5.81. The van der Waals surface area contributed by atoms with Crippen LogP contribution in [0.1, 0.15) is 13.8 Å². The summed E-state index contributed by atoms with van der Waals surface area (Å²) >= 11 is 0. The fourth-order valence-electron chi connectivity index (χ4n) is 1.49. The highest BCUT2D eigenvalue weighted by atomic mass is 19.1. The van der Waals surface area contributed by atoms with Crippen molar-refractivity contribution < 1.29 is 13.6 Å². The lowest BCUT2D eigenvalue weighted by atomic mass is 9.92. The minimum Gasteiger partial charge on any atom is -0.371 e. The Kier molecular flexibility index (Phi) is 4.63.